The van der Waals surface area contributed by atoms with Gasteiger partial charge in [0.25, 0.3) is 0 Å². The fourth-order valence-corrected chi connectivity index (χ4v) is 2.22. The Morgan fingerprint density at radius 2 is 1.79 bits per heavy atom. The van der Waals surface area contributed by atoms with E-state index in [4.69, 9.17) is 0 Å². The quantitative estimate of drug-likeness (QED) is 0.756. The Kier molecular flexibility index (Phi) is 5.88. The van der Waals surface area contributed by atoms with Crippen molar-refractivity contribution >= 4 is 29.4 Å². The first-order valence-electron chi connectivity index (χ1n) is 5.54. The third kappa shape index (κ3) is 3.99. The van der Waals surface area contributed by atoms with Crippen LogP contribution in [-0.4, -0.2) is 39.8 Å². The van der Waals surface area contributed by atoms with Gasteiger partial charge in [0.1, 0.15) is 18.7 Å². The molecule has 0 spiro atoms. The average molecular weight is 282 g/mol. The van der Waals surface area contributed by atoms with Gasteiger partial charge in [0, 0.05) is 29.4 Å². The van der Waals surface area contributed by atoms with Crippen LogP contribution in [0.15, 0.2) is 18.2 Å². The van der Waals surface area contributed by atoms with Gasteiger partial charge in [-0.05, 0) is 0 Å². The molecule has 0 aromatic heterocycles. The Labute approximate surface area is 114 Å². The van der Waals surface area contributed by atoms with E-state index in [9.17, 15) is 24.6 Å². The number of carbonyl (C=O) groups is 3. The number of aldehydes is 2. The molecule has 0 heterocycles. The van der Waals surface area contributed by atoms with E-state index in [0.717, 1.165) is 11.8 Å². The topological polar surface area (TPSA) is 91.7 Å². The molecule has 0 saturated carbocycles. The number of hydrogen-bond donors (Lipinski definition) is 2. The molecule has 0 aliphatic rings. The largest absolute Gasteiger partial charge is 0.389 e. The molecule has 102 valence electrons. The minimum atomic E-state index is -1.39. The molecule has 6 heteroatoms. The molecule has 2 N–H and O–H groups in total. The maximum absolute atomic E-state index is 10.9. The molecule has 0 radical (unpaired) electrons. The highest BCUT2D eigenvalue weighted by atomic mass is 32.2. The van der Waals surface area contributed by atoms with Crippen LogP contribution in [0.25, 0.3) is 0 Å². The molecule has 1 aromatic carbocycles. The summed E-state index contributed by atoms with van der Waals surface area (Å²) in [6.45, 7) is 1.35. The summed E-state index contributed by atoms with van der Waals surface area (Å²) >= 11 is 0.864. The average Bonchev–Trinajstić information content (AvgIpc) is 2.42. The first kappa shape index (κ1) is 15.6. The first-order chi connectivity index (χ1) is 9.01. The summed E-state index contributed by atoms with van der Waals surface area (Å²) < 4.78 is 0. The number of hydrogen-bond acceptors (Lipinski definition) is 6. The standard InChI is InChI=1S/C13H14O5S/c1-8(16)19-7-11(17)13(18)12-9(5-14)3-2-4-10(12)6-15/h2-6,11,13,17-18H,7H2,1H3. The third-order valence-corrected chi connectivity index (χ3v) is 3.46. The molecule has 2 atom stereocenters. The zero-order chi connectivity index (χ0) is 14.4. The molecule has 0 fully saturated rings. The number of thioether (sulfide) groups is 1. The fourth-order valence-electron chi connectivity index (χ4n) is 1.63. The lowest BCUT2D eigenvalue weighted by Crippen LogP contribution is -2.23. The molecule has 2 unspecified atom stereocenters. The summed E-state index contributed by atoms with van der Waals surface area (Å²) in [5.41, 5.74) is 0.372. The molecule has 1 aromatic rings. The van der Waals surface area contributed by atoms with E-state index in [-0.39, 0.29) is 27.6 Å². The van der Waals surface area contributed by atoms with Crippen molar-refractivity contribution in [1.29, 1.82) is 0 Å². The molecule has 0 amide bonds. The number of carbonyl (C=O) groups excluding carboxylic acids is 3. The summed E-state index contributed by atoms with van der Waals surface area (Å²) in [6.07, 6.45) is -1.62. The zero-order valence-corrected chi connectivity index (χ0v) is 11.1. The number of aliphatic hydroxyl groups excluding tert-OH is 2. The van der Waals surface area contributed by atoms with Gasteiger partial charge in [-0.2, -0.15) is 0 Å². The van der Waals surface area contributed by atoms with E-state index < -0.39 is 12.2 Å². The van der Waals surface area contributed by atoms with E-state index in [2.05, 4.69) is 0 Å². The van der Waals surface area contributed by atoms with Gasteiger partial charge in [-0.1, -0.05) is 30.0 Å². The van der Waals surface area contributed by atoms with Crippen LogP contribution in [-0.2, 0) is 4.79 Å². The molecule has 1 rings (SSSR count). The van der Waals surface area contributed by atoms with Crippen molar-refractivity contribution in [1.82, 2.24) is 0 Å². The summed E-state index contributed by atoms with van der Waals surface area (Å²) in [5, 5.41) is 19.6. The van der Waals surface area contributed by atoms with Crippen LogP contribution in [0.4, 0.5) is 0 Å². The van der Waals surface area contributed by atoms with Crippen LogP contribution in [0.5, 0.6) is 0 Å². The van der Waals surface area contributed by atoms with Crippen molar-refractivity contribution in [2.75, 3.05) is 5.75 Å². The lowest BCUT2D eigenvalue weighted by atomic mass is 9.95. The predicted octanol–water partition coefficient (Wildman–Crippen LogP) is 0.986. The second kappa shape index (κ2) is 7.18. The molecular weight excluding hydrogens is 268 g/mol. The van der Waals surface area contributed by atoms with Gasteiger partial charge in [-0.3, -0.25) is 14.4 Å². The lowest BCUT2D eigenvalue weighted by molar-refractivity contribution is -0.109. The highest BCUT2D eigenvalue weighted by Crippen LogP contribution is 2.25. The van der Waals surface area contributed by atoms with Crippen LogP contribution < -0.4 is 0 Å². The zero-order valence-electron chi connectivity index (χ0n) is 10.3. The van der Waals surface area contributed by atoms with Crippen molar-refractivity contribution in [3.63, 3.8) is 0 Å². The Morgan fingerprint density at radius 3 is 2.21 bits per heavy atom. The van der Waals surface area contributed by atoms with Gasteiger partial charge in [0.15, 0.2) is 5.12 Å². The van der Waals surface area contributed by atoms with Crippen LogP contribution in [0.2, 0.25) is 0 Å². The predicted molar refractivity (Wildman–Crippen MR) is 71.3 cm³/mol. The maximum Gasteiger partial charge on any atom is 0.185 e. The van der Waals surface area contributed by atoms with E-state index in [0.29, 0.717) is 12.6 Å². The van der Waals surface area contributed by atoms with Crippen molar-refractivity contribution in [3.05, 3.63) is 34.9 Å². The number of aliphatic hydroxyl groups is 2. The first-order valence-corrected chi connectivity index (χ1v) is 6.52. The minimum absolute atomic E-state index is 0.0119. The molecule has 5 nitrogen and oxygen atoms in total. The van der Waals surface area contributed by atoms with E-state index in [1.165, 1.54) is 25.1 Å². The SMILES string of the molecule is CC(=O)SCC(O)C(O)c1c(C=O)cccc1C=O. The van der Waals surface area contributed by atoms with Gasteiger partial charge in [0.05, 0.1) is 6.10 Å². The van der Waals surface area contributed by atoms with E-state index >= 15 is 0 Å². The molecule has 0 aliphatic carbocycles. The van der Waals surface area contributed by atoms with Crippen molar-refractivity contribution < 1.29 is 24.6 Å². The number of benzene rings is 1. The van der Waals surface area contributed by atoms with Crippen molar-refractivity contribution in [3.8, 4) is 0 Å². The monoisotopic (exact) mass is 282 g/mol. The second-order valence-electron chi connectivity index (χ2n) is 3.90. The summed E-state index contributed by atoms with van der Waals surface area (Å²) in [6, 6.07) is 4.41. The molecular formula is C13H14O5S. The van der Waals surface area contributed by atoms with Gasteiger partial charge in [0.2, 0.25) is 0 Å². The normalized spacial score (nSPS) is 13.6. The van der Waals surface area contributed by atoms with Crippen LogP contribution in [0.3, 0.4) is 0 Å². The Bertz CT molecular complexity index is 460. The lowest BCUT2D eigenvalue weighted by Gasteiger charge is -2.20. The van der Waals surface area contributed by atoms with Gasteiger partial charge in [-0.15, -0.1) is 0 Å². The van der Waals surface area contributed by atoms with Crippen molar-refractivity contribution in [2.45, 2.75) is 19.1 Å². The van der Waals surface area contributed by atoms with Gasteiger partial charge < -0.3 is 10.2 Å². The molecule has 0 bridgehead atoms. The summed E-state index contributed by atoms with van der Waals surface area (Å²) in [5.74, 6) is -0.0119. The fraction of sp³-hybridized carbons (Fsp3) is 0.308. The Hall–Kier alpha value is -1.50. The molecule has 19 heavy (non-hydrogen) atoms. The smallest absolute Gasteiger partial charge is 0.185 e. The summed E-state index contributed by atoms with van der Waals surface area (Å²) in [7, 11) is 0. The Morgan fingerprint density at radius 1 is 1.26 bits per heavy atom. The minimum Gasteiger partial charge on any atom is -0.389 e. The van der Waals surface area contributed by atoms with Gasteiger partial charge in [-0.25, -0.2) is 0 Å². The van der Waals surface area contributed by atoms with Crippen molar-refractivity contribution in [2.24, 2.45) is 0 Å². The maximum atomic E-state index is 10.9. The van der Waals surface area contributed by atoms with Gasteiger partial charge >= 0.3 is 0 Å². The Balaban J connectivity index is 3.03. The third-order valence-electron chi connectivity index (χ3n) is 2.55. The van der Waals surface area contributed by atoms with E-state index in [1.807, 2.05) is 0 Å². The molecule has 0 aliphatic heterocycles. The second-order valence-corrected chi connectivity index (χ2v) is 5.10. The molecule has 0 saturated heterocycles. The highest BCUT2D eigenvalue weighted by molar-refractivity contribution is 8.13. The van der Waals surface area contributed by atoms with Crippen LogP contribution >= 0.6 is 11.8 Å². The highest BCUT2D eigenvalue weighted by Gasteiger charge is 2.24. The summed E-state index contributed by atoms with van der Waals surface area (Å²) in [4.78, 5) is 32.7. The van der Waals surface area contributed by atoms with Crippen LogP contribution in [0, 0.1) is 0 Å². The van der Waals surface area contributed by atoms with Crippen LogP contribution in [0.1, 0.15) is 39.3 Å². The van der Waals surface area contributed by atoms with E-state index in [1.54, 1.807) is 0 Å². The number of rotatable bonds is 6.